The molecule has 2 aromatic rings. The zero-order chi connectivity index (χ0) is 14.8. The zero-order valence-corrected chi connectivity index (χ0v) is 13.0. The van der Waals surface area contributed by atoms with Crippen LogP contribution < -0.4 is 15.8 Å². The topological polar surface area (TPSA) is 73.1 Å². The summed E-state index contributed by atoms with van der Waals surface area (Å²) in [6.07, 6.45) is 0. The van der Waals surface area contributed by atoms with E-state index in [9.17, 15) is 0 Å². The second kappa shape index (κ2) is 5.66. The fourth-order valence-corrected chi connectivity index (χ4v) is 2.28. The third-order valence-corrected chi connectivity index (χ3v) is 3.35. The van der Waals surface area contributed by atoms with E-state index in [4.69, 9.17) is 10.5 Å². The lowest BCUT2D eigenvalue weighted by molar-refractivity contribution is 0.125. The van der Waals surface area contributed by atoms with Crippen LogP contribution >= 0.6 is 11.3 Å². The van der Waals surface area contributed by atoms with Gasteiger partial charge >= 0.3 is 0 Å². The SMILES string of the molecule is Cc1csc(CNc2ccc(N)c(OC(C)(C)C)n2)n1. The average Bonchev–Trinajstić information content (AvgIpc) is 2.74. The number of nitrogens with zero attached hydrogens (tertiary/aromatic N) is 2. The van der Waals surface area contributed by atoms with Crippen molar-refractivity contribution in [2.24, 2.45) is 0 Å². The van der Waals surface area contributed by atoms with Gasteiger partial charge < -0.3 is 15.8 Å². The molecular formula is C14H20N4OS. The maximum Gasteiger partial charge on any atom is 0.239 e. The summed E-state index contributed by atoms with van der Waals surface area (Å²) in [6.45, 7) is 8.52. The number of ether oxygens (including phenoxy) is 1. The minimum absolute atomic E-state index is 0.327. The smallest absolute Gasteiger partial charge is 0.239 e. The first-order valence-electron chi connectivity index (χ1n) is 6.44. The van der Waals surface area contributed by atoms with Crippen molar-refractivity contribution in [3.8, 4) is 5.88 Å². The largest absolute Gasteiger partial charge is 0.470 e. The van der Waals surface area contributed by atoms with Crippen LogP contribution in [0.1, 0.15) is 31.5 Å². The van der Waals surface area contributed by atoms with Crippen molar-refractivity contribution >= 4 is 22.8 Å². The quantitative estimate of drug-likeness (QED) is 0.905. The number of aryl methyl sites for hydroxylation is 1. The van der Waals surface area contributed by atoms with E-state index in [1.54, 1.807) is 17.4 Å². The Bertz CT molecular complexity index is 589. The van der Waals surface area contributed by atoms with Crippen LogP contribution in [0, 0.1) is 6.92 Å². The highest BCUT2D eigenvalue weighted by Gasteiger charge is 2.15. The molecule has 2 aromatic heterocycles. The molecule has 0 radical (unpaired) electrons. The van der Waals surface area contributed by atoms with E-state index in [-0.39, 0.29) is 5.60 Å². The van der Waals surface area contributed by atoms with Crippen LogP contribution in [-0.2, 0) is 6.54 Å². The monoisotopic (exact) mass is 292 g/mol. The van der Waals surface area contributed by atoms with Crippen molar-refractivity contribution in [3.63, 3.8) is 0 Å². The molecule has 0 aromatic carbocycles. The number of pyridine rings is 1. The molecule has 20 heavy (non-hydrogen) atoms. The van der Waals surface area contributed by atoms with Crippen LogP contribution in [0.25, 0.3) is 0 Å². The van der Waals surface area contributed by atoms with Crippen molar-refractivity contribution in [2.45, 2.75) is 39.8 Å². The van der Waals surface area contributed by atoms with E-state index in [2.05, 4.69) is 15.3 Å². The molecule has 108 valence electrons. The highest BCUT2D eigenvalue weighted by Crippen LogP contribution is 2.25. The van der Waals surface area contributed by atoms with Crippen LogP contribution in [0.3, 0.4) is 0 Å². The summed E-state index contributed by atoms with van der Waals surface area (Å²) in [5.74, 6) is 1.18. The minimum atomic E-state index is -0.327. The van der Waals surface area contributed by atoms with Gasteiger partial charge in [0.2, 0.25) is 5.88 Å². The van der Waals surface area contributed by atoms with E-state index < -0.39 is 0 Å². The molecule has 2 heterocycles. The lowest BCUT2D eigenvalue weighted by Gasteiger charge is -2.21. The summed E-state index contributed by atoms with van der Waals surface area (Å²) in [5, 5.41) is 6.29. The molecule has 0 bridgehead atoms. The highest BCUT2D eigenvalue weighted by molar-refractivity contribution is 7.09. The Morgan fingerprint density at radius 3 is 2.65 bits per heavy atom. The van der Waals surface area contributed by atoms with Gasteiger partial charge in [-0.15, -0.1) is 11.3 Å². The second-order valence-corrected chi connectivity index (χ2v) is 6.48. The summed E-state index contributed by atoms with van der Waals surface area (Å²) in [4.78, 5) is 8.80. The molecule has 2 rings (SSSR count). The summed E-state index contributed by atoms with van der Waals surface area (Å²) in [5.41, 5.74) is 7.13. The predicted molar refractivity (Wildman–Crippen MR) is 83.2 cm³/mol. The first kappa shape index (κ1) is 14.6. The zero-order valence-electron chi connectivity index (χ0n) is 12.2. The molecule has 0 amide bonds. The number of hydrogen-bond donors (Lipinski definition) is 2. The summed E-state index contributed by atoms with van der Waals surface area (Å²) in [7, 11) is 0. The van der Waals surface area contributed by atoms with E-state index >= 15 is 0 Å². The third-order valence-electron chi connectivity index (χ3n) is 2.38. The van der Waals surface area contributed by atoms with Crippen LogP contribution in [0.4, 0.5) is 11.5 Å². The fourth-order valence-electron chi connectivity index (χ4n) is 1.57. The fraction of sp³-hybridized carbons (Fsp3) is 0.429. The highest BCUT2D eigenvalue weighted by atomic mass is 32.1. The van der Waals surface area contributed by atoms with Crippen LogP contribution in [0.15, 0.2) is 17.5 Å². The van der Waals surface area contributed by atoms with Gasteiger partial charge in [-0.1, -0.05) is 0 Å². The van der Waals surface area contributed by atoms with Crippen molar-refractivity contribution < 1.29 is 4.74 Å². The third kappa shape index (κ3) is 4.09. The number of nitrogen functional groups attached to an aromatic ring is 1. The molecule has 0 unspecified atom stereocenters. The van der Waals surface area contributed by atoms with Gasteiger partial charge in [0.1, 0.15) is 16.4 Å². The molecule has 0 atom stereocenters. The molecular weight excluding hydrogens is 272 g/mol. The van der Waals surface area contributed by atoms with Gasteiger partial charge in [-0.2, -0.15) is 4.98 Å². The minimum Gasteiger partial charge on any atom is -0.470 e. The lowest BCUT2D eigenvalue weighted by Crippen LogP contribution is -2.24. The number of anilines is 2. The van der Waals surface area contributed by atoms with Gasteiger partial charge in [-0.3, -0.25) is 0 Å². The normalized spacial score (nSPS) is 11.4. The number of nitrogens with two attached hydrogens (primary N) is 1. The number of nitrogens with one attached hydrogen (secondary N) is 1. The van der Waals surface area contributed by atoms with E-state index in [0.29, 0.717) is 18.1 Å². The maximum absolute atomic E-state index is 5.88. The number of rotatable bonds is 4. The van der Waals surface area contributed by atoms with Gasteiger partial charge in [-0.05, 0) is 39.8 Å². The Morgan fingerprint density at radius 1 is 1.30 bits per heavy atom. The number of thiazole rings is 1. The van der Waals surface area contributed by atoms with Crippen molar-refractivity contribution in [2.75, 3.05) is 11.1 Å². The molecule has 0 saturated carbocycles. The molecule has 0 saturated heterocycles. The molecule has 0 aliphatic heterocycles. The van der Waals surface area contributed by atoms with Gasteiger partial charge in [0.15, 0.2) is 0 Å². The predicted octanol–water partition coefficient (Wildman–Crippen LogP) is 3.22. The van der Waals surface area contributed by atoms with Crippen molar-refractivity contribution in [1.82, 2.24) is 9.97 Å². The van der Waals surface area contributed by atoms with E-state index in [1.165, 1.54) is 0 Å². The Morgan fingerprint density at radius 2 is 2.05 bits per heavy atom. The molecule has 0 aliphatic rings. The summed E-state index contributed by atoms with van der Waals surface area (Å²) >= 11 is 1.63. The Balaban J connectivity index is 2.07. The lowest BCUT2D eigenvalue weighted by atomic mass is 10.2. The standard InChI is InChI=1S/C14H20N4OS/c1-9-8-20-12(17-9)7-16-11-6-5-10(15)13(18-11)19-14(2,3)4/h5-6,8H,7,15H2,1-4H3,(H,16,18). The summed E-state index contributed by atoms with van der Waals surface area (Å²) < 4.78 is 5.74. The number of aromatic nitrogens is 2. The Hall–Kier alpha value is -1.82. The molecule has 0 aliphatic carbocycles. The first-order chi connectivity index (χ1) is 9.33. The van der Waals surface area contributed by atoms with Gasteiger partial charge in [-0.25, -0.2) is 4.98 Å². The van der Waals surface area contributed by atoms with Gasteiger partial charge in [0.05, 0.1) is 12.2 Å². The molecule has 6 heteroatoms. The second-order valence-electron chi connectivity index (χ2n) is 5.54. The van der Waals surface area contributed by atoms with Crippen molar-refractivity contribution in [3.05, 3.63) is 28.2 Å². The van der Waals surface area contributed by atoms with E-state index in [1.807, 2.05) is 39.1 Å². The van der Waals surface area contributed by atoms with Gasteiger partial charge in [0, 0.05) is 11.1 Å². The maximum atomic E-state index is 5.88. The summed E-state index contributed by atoms with van der Waals surface area (Å²) in [6, 6.07) is 3.63. The van der Waals surface area contributed by atoms with Gasteiger partial charge in [0.25, 0.3) is 0 Å². The molecule has 3 N–H and O–H groups in total. The number of hydrogen-bond acceptors (Lipinski definition) is 6. The van der Waals surface area contributed by atoms with Crippen LogP contribution in [-0.4, -0.2) is 15.6 Å². The Labute approximate surface area is 123 Å². The van der Waals surface area contributed by atoms with E-state index in [0.717, 1.165) is 16.5 Å². The van der Waals surface area contributed by atoms with Crippen LogP contribution in [0.2, 0.25) is 0 Å². The molecule has 0 spiro atoms. The molecule has 0 fully saturated rings. The average molecular weight is 292 g/mol. The molecule has 5 nitrogen and oxygen atoms in total. The first-order valence-corrected chi connectivity index (χ1v) is 7.32. The van der Waals surface area contributed by atoms with Crippen molar-refractivity contribution in [1.29, 1.82) is 0 Å². The van der Waals surface area contributed by atoms with Crippen LogP contribution in [0.5, 0.6) is 5.88 Å². The Kier molecular flexibility index (Phi) is 4.13.